The van der Waals surface area contributed by atoms with Gasteiger partial charge in [0.2, 0.25) is 5.91 Å². The average molecular weight is 422 g/mol. The predicted molar refractivity (Wildman–Crippen MR) is 121 cm³/mol. The van der Waals surface area contributed by atoms with Gasteiger partial charge in [-0.05, 0) is 97.7 Å². The van der Waals surface area contributed by atoms with Gasteiger partial charge in [-0.1, -0.05) is 34.6 Å². The van der Waals surface area contributed by atoms with Gasteiger partial charge in [0.25, 0.3) is 0 Å². The van der Waals surface area contributed by atoms with Crippen molar-refractivity contribution in [2.45, 2.75) is 111 Å². The molecule has 0 radical (unpaired) electrons. The zero-order valence-corrected chi connectivity index (χ0v) is 20.1. The van der Waals surface area contributed by atoms with Crippen LogP contribution in [0.25, 0.3) is 0 Å². The van der Waals surface area contributed by atoms with Gasteiger partial charge in [0, 0.05) is 19.3 Å². The number of amides is 1. The van der Waals surface area contributed by atoms with Crippen molar-refractivity contribution in [3.63, 3.8) is 0 Å². The molecule has 4 rings (SSSR count). The van der Waals surface area contributed by atoms with Gasteiger partial charge >= 0.3 is 0 Å². The molecule has 0 saturated heterocycles. The van der Waals surface area contributed by atoms with Crippen molar-refractivity contribution in [3.05, 3.63) is 0 Å². The summed E-state index contributed by atoms with van der Waals surface area (Å²) in [6.45, 7) is 11.4. The van der Waals surface area contributed by atoms with E-state index >= 15 is 0 Å². The highest BCUT2D eigenvalue weighted by Crippen LogP contribution is 2.68. The third-order valence-electron chi connectivity index (χ3n) is 10.3. The lowest BCUT2D eigenvalue weighted by Crippen LogP contribution is -2.56. The minimum absolute atomic E-state index is 0.164. The van der Waals surface area contributed by atoms with E-state index in [4.69, 9.17) is 5.73 Å². The summed E-state index contributed by atoms with van der Waals surface area (Å²) >= 11 is 0. The Balaban J connectivity index is 0.00000124. The molecule has 174 valence electrons. The molecule has 4 heteroatoms. The number of carbonyl (C=O) groups is 1. The van der Waals surface area contributed by atoms with E-state index in [2.05, 4.69) is 20.8 Å². The molecular formula is C26H47NO3. The van der Waals surface area contributed by atoms with E-state index in [1.807, 2.05) is 13.8 Å². The van der Waals surface area contributed by atoms with Crippen molar-refractivity contribution in [2.24, 2.45) is 52.1 Å². The Morgan fingerprint density at radius 3 is 2.30 bits per heavy atom. The minimum atomic E-state index is -1.44. The van der Waals surface area contributed by atoms with Crippen molar-refractivity contribution in [3.8, 4) is 0 Å². The summed E-state index contributed by atoms with van der Waals surface area (Å²) in [6.07, 6.45) is 11.2. The number of rotatable bonds is 4. The maximum Gasteiger partial charge on any atom is 0.217 e. The third kappa shape index (κ3) is 4.08. The summed E-state index contributed by atoms with van der Waals surface area (Å²) in [7, 11) is 0. The summed E-state index contributed by atoms with van der Waals surface area (Å²) in [5, 5.41) is 20.4. The maximum atomic E-state index is 11.3. The van der Waals surface area contributed by atoms with Gasteiger partial charge in [0.05, 0.1) is 0 Å². The summed E-state index contributed by atoms with van der Waals surface area (Å²) in [5.74, 6) is 2.52. The van der Waals surface area contributed by atoms with Crippen LogP contribution in [0, 0.1) is 46.3 Å². The van der Waals surface area contributed by atoms with Crippen molar-refractivity contribution in [1.82, 2.24) is 0 Å². The first-order chi connectivity index (χ1) is 14.1. The van der Waals surface area contributed by atoms with Crippen LogP contribution in [0.15, 0.2) is 0 Å². The molecule has 0 bridgehead atoms. The predicted octanol–water partition coefficient (Wildman–Crippen LogP) is 5.25. The number of hydrogen-bond donors (Lipinski definition) is 3. The number of nitrogens with two attached hydrogens (primary N) is 1. The van der Waals surface area contributed by atoms with E-state index in [-0.39, 0.29) is 11.3 Å². The van der Waals surface area contributed by atoms with Crippen LogP contribution in [0.2, 0.25) is 0 Å². The fraction of sp³-hybridized carbons (Fsp3) is 0.962. The smallest absolute Gasteiger partial charge is 0.217 e. The number of aliphatic hydroxyl groups is 2. The summed E-state index contributed by atoms with van der Waals surface area (Å²) in [5.41, 5.74) is 6.11. The molecule has 0 spiro atoms. The number of carbonyl (C=O) groups excluding carboxylic acids is 1. The second-order valence-corrected chi connectivity index (χ2v) is 11.6. The SMILES string of the molecule is CC.CC(CCC(N)=O)C1CCC2C3CCC4CC(O)(O)CCC4(C)C3CCC12C. The fourth-order valence-electron chi connectivity index (χ4n) is 8.77. The molecule has 4 aliphatic rings. The molecule has 0 aliphatic heterocycles. The van der Waals surface area contributed by atoms with Gasteiger partial charge < -0.3 is 15.9 Å². The molecule has 0 aromatic heterocycles. The Bertz CT molecular complexity index is 619. The summed E-state index contributed by atoms with van der Waals surface area (Å²) in [4.78, 5) is 11.3. The van der Waals surface area contributed by atoms with Crippen LogP contribution in [0.5, 0.6) is 0 Å². The number of primary amides is 1. The van der Waals surface area contributed by atoms with Gasteiger partial charge in [-0.3, -0.25) is 4.79 Å². The molecule has 4 fully saturated rings. The van der Waals surface area contributed by atoms with E-state index in [1.54, 1.807) is 0 Å². The topological polar surface area (TPSA) is 83.6 Å². The standard InChI is InChI=1S/C24H41NO3.C2H6/c1-15(4-9-21(25)26)18-7-8-19-17-6-5-16-14-24(27,28)13-12-22(16,2)20(17)10-11-23(18,19)3;1-2/h15-20,27-28H,4-14H2,1-3H3,(H2,25,26);1-2H3. The van der Waals surface area contributed by atoms with E-state index in [0.717, 1.165) is 42.9 Å². The summed E-state index contributed by atoms with van der Waals surface area (Å²) in [6, 6.07) is 0. The zero-order chi connectivity index (χ0) is 22.3. The molecule has 4 saturated carbocycles. The van der Waals surface area contributed by atoms with E-state index in [1.165, 1.54) is 32.1 Å². The Labute approximate surface area is 184 Å². The lowest BCUT2D eigenvalue weighted by atomic mass is 9.44. The first kappa shape index (κ1) is 24.0. The van der Waals surface area contributed by atoms with E-state index < -0.39 is 5.79 Å². The Morgan fingerprint density at radius 2 is 1.63 bits per heavy atom. The van der Waals surface area contributed by atoms with Crippen LogP contribution in [-0.2, 0) is 4.79 Å². The second kappa shape index (κ2) is 8.73. The van der Waals surface area contributed by atoms with Gasteiger partial charge in [-0.25, -0.2) is 0 Å². The molecule has 0 aromatic carbocycles. The normalized spacial score (nSPS) is 45.2. The highest BCUT2D eigenvalue weighted by Gasteiger charge is 2.61. The molecular weight excluding hydrogens is 374 g/mol. The Kier molecular flexibility index (Phi) is 7.00. The first-order valence-electron chi connectivity index (χ1n) is 12.8. The zero-order valence-electron chi connectivity index (χ0n) is 20.1. The van der Waals surface area contributed by atoms with Crippen LogP contribution in [0.4, 0.5) is 0 Å². The molecule has 1 amide bonds. The second-order valence-electron chi connectivity index (χ2n) is 11.6. The van der Waals surface area contributed by atoms with Crippen molar-refractivity contribution < 1.29 is 15.0 Å². The summed E-state index contributed by atoms with van der Waals surface area (Å²) < 4.78 is 0. The Morgan fingerprint density at radius 1 is 0.967 bits per heavy atom. The molecule has 0 aromatic rings. The molecule has 30 heavy (non-hydrogen) atoms. The molecule has 4 nitrogen and oxygen atoms in total. The quantitative estimate of drug-likeness (QED) is 0.542. The fourth-order valence-corrected chi connectivity index (χ4v) is 8.77. The largest absolute Gasteiger partial charge is 0.370 e. The van der Waals surface area contributed by atoms with Crippen LogP contribution in [0.3, 0.4) is 0 Å². The number of hydrogen-bond acceptors (Lipinski definition) is 3. The molecule has 8 atom stereocenters. The van der Waals surface area contributed by atoms with Crippen LogP contribution < -0.4 is 5.73 Å². The maximum absolute atomic E-state index is 11.3. The van der Waals surface area contributed by atoms with Crippen LogP contribution >= 0.6 is 0 Å². The van der Waals surface area contributed by atoms with E-state index in [9.17, 15) is 15.0 Å². The van der Waals surface area contributed by atoms with Crippen LogP contribution in [-0.4, -0.2) is 21.9 Å². The van der Waals surface area contributed by atoms with Crippen molar-refractivity contribution >= 4 is 5.91 Å². The van der Waals surface area contributed by atoms with Crippen LogP contribution in [0.1, 0.15) is 105 Å². The molecule has 0 heterocycles. The van der Waals surface area contributed by atoms with Crippen molar-refractivity contribution in [1.29, 1.82) is 0 Å². The Hall–Kier alpha value is -0.610. The van der Waals surface area contributed by atoms with Gasteiger partial charge in [0.15, 0.2) is 5.79 Å². The highest BCUT2D eigenvalue weighted by atomic mass is 16.5. The van der Waals surface area contributed by atoms with Gasteiger partial charge in [-0.2, -0.15) is 0 Å². The van der Waals surface area contributed by atoms with E-state index in [0.29, 0.717) is 36.5 Å². The number of fused-ring (bicyclic) bond motifs is 5. The average Bonchev–Trinajstić information content (AvgIpc) is 3.05. The molecule has 4 aliphatic carbocycles. The first-order valence-corrected chi connectivity index (χ1v) is 12.8. The minimum Gasteiger partial charge on any atom is -0.370 e. The van der Waals surface area contributed by atoms with Gasteiger partial charge in [-0.15, -0.1) is 0 Å². The highest BCUT2D eigenvalue weighted by molar-refractivity contribution is 5.73. The monoisotopic (exact) mass is 421 g/mol. The molecule has 8 unspecified atom stereocenters. The lowest BCUT2D eigenvalue weighted by Gasteiger charge is -2.61. The van der Waals surface area contributed by atoms with Crippen molar-refractivity contribution in [2.75, 3.05) is 0 Å². The third-order valence-corrected chi connectivity index (χ3v) is 10.3. The lowest BCUT2D eigenvalue weighted by molar-refractivity contribution is -0.233. The van der Waals surface area contributed by atoms with Gasteiger partial charge in [0.1, 0.15) is 0 Å². The molecule has 4 N–H and O–H groups in total.